The Morgan fingerprint density at radius 1 is 1.38 bits per heavy atom. The molecule has 0 amide bonds. The number of benzene rings is 1. The van der Waals surface area contributed by atoms with Gasteiger partial charge in [0, 0.05) is 18.0 Å². The van der Waals surface area contributed by atoms with E-state index in [1.807, 2.05) is 6.07 Å². The molecule has 0 saturated carbocycles. The second kappa shape index (κ2) is 4.74. The summed E-state index contributed by atoms with van der Waals surface area (Å²) in [5.41, 5.74) is 6.09. The standard InChI is InChI=1S/C10H13NO2/c11-9(7-12)6-10(13)8-4-2-1-3-5-8/h1-5,9,12H,6-7,11H2. The zero-order chi connectivity index (χ0) is 9.68. The number of hydrogen-bond donors (Lipinski definition) is 2. The van der Waals surface area contributed by atoms with E-state index in [0.29, 0.717) is 5.56 Å². The third-order valence-electron chi connectivity index (χ3n) is 1.78. The van der Waals surface area contributed by atoms with Crippen molar-refractivity contribution >= 4 is 5.78 Å². The van der Waals surface area contributed by atoms with E-state index in [4.69, 9.17) is 10.8 Å². The van der Waals surface area contributed by atoms with Gasteiger partial charge in [-0.05, 0) is 0 Å². The number of ketones is 1. The predicted molar refractivity (Wildman–Crippen MR) is 50.5 cm³/mol. The number of hydrogen-bond acceptors (Lipinski definition) is 3. The van der Waals surface area contributed by atoms with E-state index in [0.717, 1.165) is 0 Å². The second-order valence-corrected chi connectivity index (χ2v) is 2.94. The normalized spacial score (nSPS) is 12.5. The van der Waals surface area contributed by atoms with Gasteiger partial charge in [-0.2, -0.15) is 0 Å². The Balaban J connectivity index is 2.59. The molecule has 0 fully saturated rings. The van der Waals surface area contributed by atoms with Crippen LogP contribution in [0.25, 0.3) is 0 Å². The summed E-state index contributed by atoms with van der Waals surface area (Å²) in [5, 5.41) is 8.65. The fourth-order valence-electron chi connectivity index (χ4n) is 1.04. The highest BCUT2D eigenvalue weighted by Crippen LogP contribution is 2.03. The second-order valence-electron chi connectivity index (χ2n) is 2.94. The first-order chi connectivity index (χ1) is 6.24. The molecule has 1 rings (SSSR count). The van der Waals surface area contributed by atoms with Crippen molar-refractivity contribution in [2.45, 2.75) is 12.5 Å². The molecule has 1 aromatic carbocycles. The lowest BCUT2D eigenvalue weighted by molar-refractivity contribution is 0.0961. The highest BCUT2D eigenvalue weighted by atomic mass is 16.3. The van der Waals surface area contributed by atoms with E-state index in [-0.39, 0.29) is 18.8 Å². The van der Waals surface area contributed by atoms with Crippen molar-refractivity contribution in [1.29, 1.82) is 0 Å². The number of carbonyl (C=O) groups is 1. The fourth-order valence-corrected chi connectivity index (χ4v) is 1.04. The lowest BCUT2D eigenvalue weighted by atomic mass is 10.1. The summed E-state index contributed by atoms with van der Waals surface area (Å²) in [6.07, 6.45) is 0.195. The van der Waals surface area contributed by atoms with Crippen molar-refractivity contribution in [3.63, 3.8) is 0 Å². The average molecular weight is 179 g/mol. The van der Waals surface area contributed by atoms with Crippen LogP contribution in [-0.2, 0) is 0 Å². The van der Waals surface area contributed by atoms with Crippen molar-refractivity contribution in [2.75, 3.05) is 6.61 Å². The first-order valence-corrected chi connectivity index (χ1v) is 4.18. The maximum atomic E-state index is 11.4. The van der Waals surface area contributed by atoms with Gasteiger partial charge in [0.05, 0.1) is 6.61 Å². The van der Waals surface area contributed by atoms with E-state index >= 15 is 0 Å². The summed E-state index contributed by atoms with van der Waals surface area (Å²) in [5.74, 6) is -0.0258. The van der Waals surface area contributed by atoms with Gasteiger partial charge in [-0.3, -0.25) is 4.79 Å². The van der Waals surface area contributed by atoms with Crippen molar-refractivity contribution in [3.8, 4) is 0 Å². The molecular weight excluding hydrogens is 166 g/mol. The van der Waals surface area contributed by atoms with Gasteiger partial charge in [-0.15, -0.1) is 0 Å². The van der Waals surface area contributed by atoms with E-state index in [2.05, 4.69) is 0 Å². The maximum Gasteiger partial charge on any atom is 0.164 e. The molecule has 0 spiro atoms. The van der Waals surface area contributed by atoms with Gasteiger partial charge in [0.25, 0.3) is 0 Å². The predicted octanol–water partition coefficient (Wildman–Crippen LogP) is 0.579. The molecule has 0 aliphatic carbocycles. The number of aliphatic hydroxyl groups excluding tert-OH is 1. The summed E-state index contributed by atoms with van der Waals surface area (Å²) in [7, 11) is 0. The summed E-state index contributed by atoms with van der Waals surface area (Å²) in [6.45, 7) is -0.154. The average Bonchev–Trinajstić information content (AvgIpc) is 2.19. The van der Waals surface area contributed by atoms with Gasteiger partial charge in [0.15, 0.2) is 5.78 Å². The minimum Gasteiger partial charge on any atom is -0.395 e. The molecule has 0 radical (unpaired) electrons. The van der Waals surface area contributed by atoms with Crippen LogP contribution in [0.15, 0.2) is 30.3 Å². The molecule has 1 unspecified atom stereocenters. The summed E-state index contributed by atoms with van der Waals surface area (Å²) < 4.78 is 0. The number of rotatable bonds is 4. The van der Waals surface area contributed by atoms with Crippen LogP contribution in [-0.4, -0.2) is 23.5 Å². The van der Waals surface area contributed by atoms with Gasteiger partial charge >= 0.3 is 0 Å². The number of aliphatic hydroxyl groups is 1. The van der Waals surface area contributed by atoms with Crippen molar-refractivity contribution in [1.82, 2.24) is 0 Å². The Morgan fingerprint density at radius 2 is 2.00 bits per heavy atom. The lowest BCUT2D eigenvalue weighted by Gasteiger charge is -2.06. The van der Waals surface area contributed by atoms with Crippen LogP contribution in [0.3, 0.4) is 0 Å². The number of carbonyl (C=O) groups excluding carboxylic acids is 1. The third kappa shape index (κ3) is 2.97. The van der Waals surface area contributed by atoms with E-state index in [9.17, 15) is 4.79 Å². The Morgan fingerprint density at radius 3 is 2.54 bits per heavy atom. The molecule has 0 heterocycles. The van der Waals surface area contributed by atoms with E-state index in [1.165, 1.54) is 0 Å². The molecule has 3 nitrogen and oxygen atoms in total. The SMILES string of the molecule is NC(CO)CC(=O)c1ccccc1. The Bertz CT molecular complexity index is 272. The minimum atomic E-state index is -0.451. The van der Waals surface area contributed by atoms with Gasteiger partial charge < -0.3 is 10.8 Å². The highest BCUT2D eigenvalue weighted by molar-refractivity contribution is 5.96. The molecule has 0 aromatic heterocycles. The van der Waals surface area contributed by atoms with Gasteiger partial charge in [0.1, 0.15) is 0 Å². The molecular formula is C10H13NO2. The molecule has 0 bridgehead atoms. The quantitative estimate of drug-likeness (QED) is 0.664. The van der Waals surface area contributed by atoms with Crippen molar-refractivity contribution in [2.24, 2.45) is 5.73 Å². The van der Waals surface area contributed by atoms with Crippen LogP contribution in [0.1, 0.15) is 16.8 Å². The van der Waals surface area contributed by atoms with Gasteiger partial charge in [-0.25, -0.2) is 0 Å². The Kier molecular flexibility index (Phi) is 3.61. The zero-order valence-corrected chi connectivity index (χ0v) is 7.31. The lowest BCUT2D eigenvalue weighted by Crippen LogP contribution is -2.27. The van der Waals surface area contributed by atoms with Crippen LogP contribution >= 0.6 is 0 Å². The summed E-state index contributed by atoms with van der Waals surface area (Å²) in [6, 6.07) is 8.49. The van der Waals surface area contributed by atoms with Crippen LogP contribution in [0, 0.1) is 0 Å². The summed E-state index contributed by atoms with van der Waals surface area (Å²) in [4.78, 5) is 11.4. The van der Waals surface area contributed by atoms with Gasteiger partial charge in [0.2, 0.25) is 0 Å². The smallest absolute Gasteiger partial charge is 0.164 e. The third-order valence-corrected chi connectivity index (χ3v) is 1.78. The topological polar surface area (TPSA) is 63.3 Å². The van der Waals surface area contributed by atoms with Crippen LogP contribution in [0.5, 0.6) is 0 Å². The molecule has 3 heteroatoms. The van der Waals surface area contributed by atoms with Gasteiger partial charge in [-0.1, -0.05) is 30.3 Å². The minimum absolute atomic E-state index is 0.0258. The van der Waals surface area contributed by atoms with Crippen molar-refractivity contribution < 1.29 is 9.90 Å². The summed E-state index contributed by atoms with van der Waals surface area (Å²) >= 11 is 0. The molecule has 0 aliphatic heterocycles. The Hall–Kier alpha value is -1.19. The van der Waals surface area contributed by atoms with Crippen LogP contribution < -0.4 is 5.73 Å². The molecule has 1 atom stereocenters. The highest BCUT2D eigenvalue weighted by Gasteiger charge is 2.09. The van der Waals surface area contributed by atoms with E-state index in [1.54, 1.807) is 24.3 Å². The molecule has 3 N–H and O–H groups in total. The van der Waals surface area contributed by atoms with Crippen molar-refractivity contribution in [3.05, 3.63) is 35.9 Å². The monoisotopic (exact) mass is 179 g/mol. The zero-order valence-electron chi connectivity index (χ0n) is 7.31. The number of nitrogens with two attached hydrogens (primary N) is 1. The Labute approximate surface area is 77.2 Å². The first-order valence-electron chi connectivity index (χ1n) is 4.18. The molecule has 1 aromatic rings. The molecule has 0 aliphatic rings. The largest absolute Gasteiger partial charge is 0.395 e. The van der Waals surface area contributed by atoms with Crippen LogP contribution in [0.2, 0.25) is 0 Å². The maximum absolute atomic E-state index is 11.4. The fraction of sp³-hybridized carbons (Fsp3) is 0.300. The first kappa shape index (κ1) is 9.89. The van der Waals surface area contributed by atoms with Crippen LogP contribution in [0.4, 0.5) is 0 Å². The van der Waals surface area contributed by atoms with E-state index < -0.39 is 6.04 Å². The molecule has 0 saturated heterocycles. The molecule has 13 heavy (non-hydrogen) atoms. The molecule has 70 valence electrons. The number of Topliss-reactive ketones (excluding diaryl/α,β-unsaturated/α-hetero) is 1.